The Balaban J connectivity index is 1.22. The summed E-state index contributed by atoms with van der Waals surface area (Å²) in [6, 6.07) is 6.13. The Kier molecular flexibility index (Phi) is 5.09. The standard InChI is InChI=1S/C29H41N3O2/c1-18-5-10-24-25(15-18)32(31-30-24)17-26(33)23-9-8-21-20-7-6-19-16-27(2,34)13-14-28(19,3)22(20)11-12-29(21,23)4/h5,10,15,19-23,34H,6-9,11-14,16-17H2,1-4H3/t19-,20-,21-,22-,23+,27+,28-,29-/m0/s1. The minimum Gasteiger partial charge on any atom is -0.390 e. The van der Waals surface area contributed by atoms with Crippen molar-refractivity contribution in [3.63, 3.8) is 0 Å². The molecule has 8 atom stereocenters. The number of fused-ring (bicyclic) bond motifs is 6. The van der Waals surface area contributed by atoms with Crippen LogP contribution in [0, 0.1) is 47.3 Å². The van der Waals surface area contributed by atoms with Crippen LogP contribution in [0.15, 0.2) is 18.2 Å². The number of carbonyl (C=O) groups excluding carboxylic acids is 1. The molecule has 1 aromatic heterocycles. The molecule has 1 heterocycles. The Labute approximate surface area is 203 Å². The highest BCUT2D eigenvalue weighted by Gasteiger charge is 2.61. The third-order valence-corrected chi connectivity index (χ3v) is 11.3. The van der Waals surface area contributed by atoms with Gasteiger partial charge in [-0.25, -0.2) is 4.68 Å². The topological polar surface area (TPSA) is 68.0 Å². The zero-order chi connectivity index (χ0) is 23.9. The molecular weight excluding hydrogens is 422 g/mol. The molecule has 4 aliphatic carbocycles. The smallest absolute Gasteiger partial charge is 0.157 e. The van der Waals surface area contributed by atoms with E-state index < -0.39 is 5.60 Å². The number of aliphatic hydroxyl groups is 1. The minimum atomic E-state index is -0.477. The number of rotatable bonds is 3. The molecule has 0 unspecified atom stereocenters. The predicted molar refractivity (Wildman–Crippen MR) is 133 cm³/mol. The van der Waals surface area contributed by atoms with Crippen molar-refractivity contribution in [1.29, 1.82) is 0 Å². The number of hydrogen-bond donors (Lipinski definition) is 1. The van der Waals surface area contributed by atoms with E-state index in [0.717, 1.165) is 48.6 Å². The molecule has 5 heteroatoms. The third kappa shape index (κ3) is 3.32. The molecule has 2 aromatic rings. The summed E-state index contributed by atoms with van der Waals surface area (Å²) < 4.78 is 1.83. The fourth-order valence-corrected chi connectivity index (χ4v) is 9.41. The summed E-state index contributed by atoms with van der Waals surface area (Å²) in [6.07, 6.45) is 10.3. The molecule has 1 aromatic carbocycles. The zero-order valence-electron chi connectivity index (χ0n) is 21.4. The van der Waals surface area contributed by atoms with Crippen molar-refractivity contribution in [2.24, 2.45) is 40.4 Å². The van der Waals surface area contributed by atoms with Crippen molar-refractivity contribution in [3.05, 3.63) is 23.8 Å². The number of nitrogens with zero attached hydrogens (tertiary/aromatic N) is 3. The molecule has 0 radical (unpaired) electrons. The van der Waals surface area contributed by atoms with Gasteiger partial charge in [-0.1, -0.05) is 25.1 Å². The van der Waals surface area contributed by atoms with Gasteiger partial charge in [-0.3, -0.25) is 4.79 Å². The van der Waals surface area contributed by atoms with Gasteiger partial charge >= 0.3 is 0 Å². The van der Waals surface area contributed by atoms with Crippen LogP contribution in [0.5, 0.6) is 0 Å². The minimum absolute atomic E-state index is 0.119. The SMILES string of the molecule is Cc1ccc2nnn(CC(=O)[C@H]3CC[C@H]4[C@@H]5CC[C@H]6C[C@](C)(O)CC[C@]6(C)[C@H]5CC[C@]34C)c2c1. The second kappa shape index (κ2) is 7.62. The molecule has 1 N–H and O–H groups in total. The van der Waals surface area contributed by atoms with Gasteiger partial charge in [-0.15, -0.1) is 5.10 Å². The first kappa shape index (κ1) is 22.7. The van der Waals surface area contributed by atoms with Gasteiger partial charge in [0.1, 0.15) is 12.1 Å². The zero-order valence-corrected chi connectivity index (χ0v) is 21.4. The molecule has 5 nitrogen and oxygen atoms in total. The van der Waals surface area contributed by atoms with Gasteiger partial charge in [0.2, 0.25) is 0 Å². The van der Waals surface area contributed by atoms with Crippen LogP contribution in [0.25, 0.3) is 11.0 Å². The Morgan fingerprint density at radius 1 is 1.03 bits per heavy atom. The summed E-state index contributed by atoms with van der Waals surface area (Å²) in [5, 5.41) is 19.4. The van der Waals surface area contributed by atoms with Crippen LogP contribution in [-0.4, -0.2) is 31.5 Å². The fraction of sp³-hybridized carbons (Fsp3) is 0.759. The van der Waals surface area contributed by atoms with Crippen LogP contribution in [0.1, 0.15) is 84.1 Å². The fourth-order valence-electron chi connectivity index (χ4n) is 9.41. The average Bonchev–Trinajstić information content (AvgIpc) is 3.34. The molecule has 0 saturated heterocycles. The van der Waals surface area contributed by atoms with Gasteiger partial charge in [0.25, 0.3) is 0 Å². The number of benzene rings is 1. The Bertz CT molecular complexity index is 1120. The van der Waals surface area contributed by atoms with Gasteiger partial charge in [0.15, 0.2) is 5.78 Å². The average molecular weight is 464 g/mol. The van der Waals surface area contributed by atoms with Crippen molar-refractivity contribution in [2.45, 2.75) is 97.6 Å². The molecular formula is C29H41N3O2. The first-order valence-electron chi connectivity index (χ1n) is 13.7. The predicted octanol–water partition coefficient (Wildman–Crippen LogP) is 5.72. The van der Waals surface area contributed by atoms with E-state index in [-0.39, 0.29) is 11.3 Å². The van der Waals surface area contributed by atoms with E-state index in [2.05, 4.69) is 37.1 Å². The van der Waals surface area contributed by atoms with Gasteiger partial charge < -0.3 is 5.11 Å². The Hall–Kier alpha value is -1.75. The van der Waals surface area contributed by atoms with E-state index in [0.29, 0.717) is 29.6 Å². The van der Waals surface area contributed by atoms with Gasteiger partial charge in [-0.2, -0.15) is 0 Å². The molecule has 4 fully saturated rings. The highest BCUT2D eigenvalue weighted by atomic mass is 16.3. The maximum absolute atomic E-state index is 13.7. The first-order valence-corrected chi connectivity index (χ1v) is 13.7. The Morgan fingerprint density at radius 2 is 1.82 bits per heavy atom. The Morgan fingerprint density at radius 3 is 2.65 bits per heavy atom. The molecule has 0 amide bonds. The largest absolute Gasteiger partial charge is 0.390 e. The number of aryl methyl sites for hydroxylation is 1. The number of aromatic nitrogens is 3. The molecule has 0 bridgehead atoms. The number of Topliss-reactive ketones (excluding diaryl/α,β-unsaturated/α-hetero) is 1. The monoisotopic (exact) mass is 463 g/mol. The van der Waals surface area contributed by atoms with Crippen LogP contribution in [0.4, 0.5) is 0 Å². The van der Waals surface area contributed by atoms with Crippen LogP contribution in [0.3, 0.4) is 0 Å². The molecule has 0 aliphatic heterocycles. The van der Waals surface area contributed by atoms with E-state index in [9.17, 15) is 9.90 Å². The number of ketones is 1. The second-order valence-electron chi connectivity index (χ2n) is 13.2. The highest BCUT2D eigenvalue weighted by molar-refractivity contribution is 5.84. The van der Waals surface area contributed by atoms with Crippen LogP contribution < -0.4 is 0 Å². The molecule has 6 rings (SSSR count). The molecule has 4 saturated carbocycles. The summed E-state index contributed by atoms with van der Waals surface area (Å²) >= 11 is 0. The molecule has 34 heavy (non-hydrogen) atoms. The summed E-state index contributed by atoms with van der Waals surface area (Å²) in [4.78, 5) is 13.7. The molecule has 0 spiro atoms. The number of hydrogen-bond acceptors (Lipinski definition) is 4. The van der Waals surface area contributed by atoms with E-state index in [4.69, 9.17) is 0 Å². The van der Waals surface area contributed by atoms with Crippen molar-refractivity contribution >= 4 is 16.8 Å². The summed E-state index contributed by atoms with van der Waals surface area (Å²) in [7, 11) is 0. The van der Waals surface area contributed by atoms with E-state index >= 15 is 0 Å². The lowest BCUT2D eigenvalue weighted by atomic mass is 9.44. The third-order valence-electron chi connectivity index (χ3n) is 11.3. The van der Waals surface area contributed by atoms with Gasteiger partial charge in [0, 0.05) is 5.92 Å². The van der Waals surface area contributed by atoms with Crippen LogP contribution in [0.2, 0.25) is 0 Å². The van der Waals surface area contributed by atoms with Crippen LogP contribution >= 0.6 is 0 Å². The van der Waals surface area contributed by atoms with Gasteiger partial charge in [0.05, 0.1) is 11.1 Å². The van der Waals surface area contributed by atoms with Gasteiger partial charge in [-0.05, 0) is 124 Å². The lowest BCUT2D eigenvalue weighted by Crippen LogP contribution is -2.55. The van der Waals surface area contributed by atoms with Crippen LogP contribution in [-0.2, 0) is 11.3 Å². The highest BCUT2D eigenvalue weighted by Crippen LogP contribution is 2.68. The molecule has 4 aliphatic rings. The van der Waals surface area contributed by atoms with Crippen molar-refractivity contribution in [1.82, 2.24) is 15.0 Å². The maximum Gasteiger partial charge on any atom is 0.157 e. The van der Waals surface area contributed by atoms with Crippen molar-refractivity contribution in [2.75, 3.05) is 0 Å². The quantitative estimate of drug-likeness (QED) is 0.632. The van der Waals surface area contributed by atoms with E-state index in [1.807, 2.05) is 23.7 Å². The lowest BCUT2D eigenvalue weighted by Gasteiger charge is -2.61. The molecule has 184 valence electrons. The summed E-state index contributed by atoms with van der Waals surface area (Å²) in [5.41, 5.74) is 3.01. The summed E-state index contributed by atoms with van der Waals surface area (Å²) in [6.45, 7) is 9.44. The normalized spacial score (nSPS) is 43.9. The van der Waals surface area contributed by atoms with E-state index in [1.165, 1.54) is 37.7 Å². The van der Waals surface area contributed by atoms with Crippen molar-refractivity contribution < 1.29 is 9.90 Å². The van der Waals surface area contributed by atoms with Crippen molar-refractivity contribution in [3.8, 4) is 0 Å². The maximum atomic E-state index is 13.7. The second-order valence-corrected chi connectivity index (χ2v) is 13.2. The lowest BCUT2D eigenvalue weighted by molar-refractivity contribution is -0.151. The first-order chi connectivity index (χ1) is 16.1. The number of carbonyl (C=O) groups is 1. The van der Waals surface area contributed by atoms with E-state index in [1.54, 1.807) is 0 Å². The summed E-state index contributed by atoms with van der Waals surface area (Å²) in [5.74, 6) is 3.32.